The van der Waals surface area contributed by atoms with Gasteiger partial charge in [-0.1, -0.05) is 72.8 Å². The second-order valence-corrected chi connectivity index (χ2v) is 9.76. The SMILES string of the molecule is COc1ccc([C@@H]2Nc3ccc(C(=O)c4ccccc4)cc3NC3=C2C(=O)C[C@H](c2ccccc2)C3)cc1. The van der Waals surface area contributed by atoms with Gasteiger partial charge >= 0.3 is 0 Å². The number of benzene rings is 4. The molecule has 188 valence electrons. The molecule has 1 aliphatic carbocycles. The molecule has 1 aliphatic heterocycles. The Balaban J connectivity index is 1.43. The lowest BCUT2D eigenvalue weighted by Gasteiger charge is -2.30. The molecule has 6 rings (SSSR count). The van der Waals surface area contributed by atoms with E-state index in [1.54, 1.807) is 7.11 Å². The minimum Gasteiger partial charge on any atom is -0.497 e. The molecule has 2 aliphatic rings. The first-order valence-corrected chi connectivity index (χ1v) is 12.8. The zero-order valence-corrected chi connectivity index (χ0v) is 21.1. The number of allylic oxidation sites excluding steroid dienone is 1. The average Bonchev–Trinajstić information content (AvgIpc) is 3.14. The number of rotatable bonds is 5. The zero-order chi connectivity index (χ0) is 26.1. The molecular weight excluding hydrogens is 472 g/mol. The van der Waals surface area contributed by atoms with Crippen molar-refractivity contribution in [2.75, 3.05) is 17.7 Å². The first kappa shape index (κ1) is 23.7. The molecule has 0 saturated heterocycles. The molecule has 0 bridgehead atoms. The van der Waals surface area contributed by atoms with Gasteiger partial charge in [-0.2, -0.15) is 0 Å². The van der Waals surface area contributed by atoms with Gasteiger partial charge in [-0.3, -0.25) is 9.59 Å². The lowest BCUT2D eigenvalue weighted by Crippen LogP contribution is -2.26. The number of nitrogens with one attached hydrogen (secondary N) is 2. The molecule has 0 saturated carbocycles. The van der Waals surface area contributed by atoms with Crippen LogP contribution in [-0.4, -0.2) is 18.7 Å². The van der Waals surface area contributed by atoms with Crippen molar-refractivity contribution in [3.8, 4) is 5.75 Å². The topological polar surface area (TPSA) is 67.4 Å². The van der Waals surface area contributed by atoms with Crippen LogP contribution >= 0.6 is 0 Å². The van der Waals surface area contributed by atoms with Crippen molar-refractivity contribution in [1.29, 1.82) is 0 Å². The third-order valence-electron chi connectivity index (χ3n) is 7.42. The summed E-state index contributed by atoms with van der Waals surface area (Å²) >= 11 is 0. The number of ether oxygens (including phenoxy) is 1. The van der Waals surface area contributed by atoms with Gasteiger partial charge in [-0.15, -0.1) is 0 Å². The monoisotopic (exact) mass is 500 g/mol. The molecule has 0 radical (unpaired) electrons. The third kappa shape index (κ3) is 4.48. The Kier molecular flexibility index (Phi) is 6.26. The average molecular weight is 501 g/mol. The van der Waals surface area contributed by atoms with Crippen LogP contribution in [-0.2, 0) is 4.79 Å². The zero-order valence-electron chi connectivity index (χ0n) is 21.1. The van der Waals surface area contributed by atoms with Gasteiger partial charge in [0, 0.05) is 28.8 Å². The van der Waals surface area contributed by atoms with Crippen molar-refractivity contribution in [2.24, 2.45) is 0 Å². The van der Waals surface area contributed by atoms with Crippen molar-refractivity contribution in [2.45, 2.75) is 24.8 Å². The van der Waals surface area contributed by atoms with E-state index in [-0.39, 0.29) is 23.5 Å². The van der Waals surface area contributed by atoms with Gasteiger partial charge in [0.1, 0.15) is 5.75 Å². The first-order valence-electron chi connectivity index (χ1n) is 12.8. The summed E-state index contributed by atoms with van der Waals surface area (Å²) in [5.41, 5.74) is 6.63. The predicted molar refractivity (Wildman–Crippen MR) is 150 cm³/mol. The number of anilines is 2. The van der Waals surface area contributed by atoms with Crippen LogP contribution in [0.5, 0.6) is 5.75 Å². The van der Waals surface area contributed by atoms with Gasteiger partial charge in [0.15, 0.2) is 11.6 Å². The summed E-state index contributed by atoms with van der Waals surface area (Å²) in [6, 6.07) is 32.6. The van der Waals surface area contributed by atoms with Crippen LogP contribution in [0.1, 0.15) is 51.8 Å². The van der Waals surface area contributed by atoms with Crippen LogP contribution in [0.15, 0.2) is 114 Å². The fourth-order valence-electron chi connectivity index (χ4n) is 5.45. The molecule has 1 heterocycles. The van der Waals surface area contributed by atoms with E-state index in [1.807, 2.05) is 91.0 Å². The Bertz CT molecular complexity index is 1530. The minimum atomic E-state index is -0.329. The van der Waals surface area contributed by atoms with Gasteiger partial charge in [0.2, 0.25) is 0 Å². The number of fused-ring (bicyclic) bond motifs is 1. The maximum atomic E-state index is 13.8. The van der Waals surface area contributed by atoms with Gasteiger partial charge < -0.3 is 15.4 Å². The minimum absolute atomic E-state index is 0.0396. The summed E-state index contributed by atoms with van der Waals surface area (Å²) in [5, 5.41) is 7.19. The van der Waals surface area contributed by atoms with E-state index in [0.29, 0.717) is 24.0 Å². The van der Waals surface area contributed by atoms with E-state index in [0.717, 1.165) is 39.5 Å². The highest BCUT2D eigenvalue weighted by molar-refractivity contribution is 6.10. The summed E-state index contributed by atoms with van der Waals surface area (Å²) in [7, 11) is 1.64. The molecule has 38 heavy (non-hydrogen) atoms. The van der Waals surface area contributed by atoms with E-state index < -0.39 is 0 Å². The molecule has 5 heteroatoms. The quantitative estimate of drug-likeness (QED) is 0.292. The molecule has 0 aromatic heterocycles. The van der Waals surface area contributed by atoms with E-state index in [1.165, 1.54) is 0 Å². The van der Waals surface area contributed by atoms with Crippen LogP contribution in [0.3, 0.4) is 0 Å². The summed E-state index contributed by atoms with van der Waals surface area (Å²) in [4.78, 5) is 27.0. The van der Waals surface area contributed by atoms with Crippen molar-refractivity contribution >= 4 is 22.9 Å². The number of carbonyl (C=O) groups is 2. The largest absolute Gasteiger partial charge is 0.497 e. The number of carbonyl (C=O) groups excluding carboxylic acids is 2. The van der Waals surface area contributed by atoms with Crippen molar-refractivity contribution < 1.29 is 14.3 Å². The summed E-state index contributed by atoms with van der Waals surface area (Å²) in [6.07, 6.45) is 1.16. The lowest BCUT2D eigenvalue weighted by atomic mass is 9.78. The lowest BCUT2D eigenvalue weighted by molar-refractivity contribution is -0.116. The molecule has 0 amide bonds. The van der Waals surface area contributed by atoms with Crippen molar-refractivity contribution in [3.05, 3.63) is 137 Å². The maximum Gasteiger partial charge on any atom is 0.193 e. The molecule has 0 unspecified atom stereocenters. The molecule has 2 N–H and O–H groups in total. The molecule has 2 atom stereocenters. The van der Waals surface area contributed by atoms with E-state index in [9.17, 15) is 9.59 Å². The number of Topliss-reactive ketones (excluding diaryl/α,β-unsaturated/α-hetero) is 1. The molecule has 4 aromatic rings. The van der Waals surface area contributed by atoms with Gasteiger partial charge in [-0.05, 0) is 53.8 Å². The Morgan fingerprint density at radius 3 is 2.18 bits per heavy atom. The third-order valence-corrected chi connectivity index (χ3v) is 7.42. The predicted octanol–water partition coefficient (Wildman–Crippen LogP) is 6.91. The number of methoxy groups -OCH3 is 1. The van der Waals surface area contributed by atoms with Gasteiger partial charge in [0.25, 0.3) is 0 Å². The van der Waals surface area contributed by atoms with E-state index >= 15 is 0 Å². The maximum absolute atomic E-state index is 13.8. The number of hydrogen-bond donors (Lipinski definition) is 2. The number of ketones is 2. The fraction of sp³-hybridized carbons (Fsp3) is 0.152. The fourth-order valence-corrected chi connectivity index (χ4v) is 5.45. The van der Waals surface area contributed by atoms with E-state index in [2.05, 4.69) is 22.8 Å². The highest BCUT2D eigenvalue weighted by Crippen LogP contribution is 2.44. The second-order valence-electron chi connectivity index (χ2n) is 9.76. The highest BCUT2D eigenvalue weighted by atomic mass is 16.5. The summed E-state index contributed by atoms with van der Waals surface area (Å²) < 4.78 is 5.36. The van der Waals surface area contributed by atoms with Crippen LogP contribution < -0.4 is 15.4 Å². The first-order chi connectivity index (χ1) is 18.6. The Hall–Kier alpha value is -4.64. The normalized spacial score (nSPS) is 18.4. The van der Waals surface area contributed by atoms with Crippen LogP contribution in [0.2, 0.25) is 0 Å². The molecule has 0 spiro atoms. The Morgan fingerprint density at radius 1 is 0.763 bits per heavy atom. The molecule has 4 aromatic carbocycles. The molecule has 5 nitrogen and oxygen atoms in total. The second kappa shape index (κ2) is 10.0. The molecule has 0 fully saturated rings. The summed E-state index contributed by atoms with van der Waals surface area (Å²) in [6.45, 7) is 0. The molecular formula is C33H28N2O3. The van der Waals surface area contributed by atoms with Crippen LogP contribution in [0, 0.1) is 0 Å². The van der Waals surface area contributed by atoms with Gasteiger partial charge in [-0.25, -0.2) is 0 Å². The highest BCUT2D eigenvalue weighted by Gasteiger charge is 2.36. The standard InChI is InChI=1S/C33H28N2O3/c1-38-26-15-12-22(13-16-26)32-31-29(19-25(20-30(31)36)21-8-4-2-5-9-21)34-28-18-24(14-17-27(28)35-32)33(37)23-10-6-3-7-11-23/h2-18,25,32,34-35H,19-20H2,1H3/t25-,32+/m1/s1. The van der Waals surface area contributed by atoms with Gasteiger partial charge in [0.05, 0.1) is 24.5 Å². The van der Waals surface area contributed by atoms with Crippen LogP contribution in [0.25, 0.3) is 0 Å². The summed E-state index contributed by atoms with van der Waals surface area (Å²) in [5.74, 6) is 0.928. The van der Waals surface area contributed by atoms with Crippen LogP contribution in [0.4, 0.5) is 11.4 Å². The number of hydrogen-bond acceptors (Lipinski definition) is 5. The smallest absolute Gasteiger partial charge is 0.193 e. The Morgan fingerprint density at radius 2 is 1.47 bits per heavy atom. The Labute approximate surface area is 222 Å². The van der Waals surface area contributed by atoms with E-state index in [4.69, 9.17) is 4.74 Å². The van der Waals surface area contributed by atoms with Crippen molar-refractivity contribution in [3.63, 3.8) is 0 Å². The van der Waals surface area contributed by atoms with Crippen molar-refractivity contribution in [1.82, 2.24) is 0 Å².